The zero-order chi connectivity index (χ0) is 18.8. The number of hydrazone groups is 1. The van der Waals surface area contributed by atoms with Crippen molar-refractivity contribution in [2.45, 2.75) is 13.8 Å². The number of carbonyl (C=O) groups is 1. The lowest BCUT2D eigenvalue weighted by atomic mass is 9.93. The minimum absolute atomic E-state index is 0.212. The number of rotatable bonds is 3. The number of benzene rings is 4. The van der Waals surface area contributed by atoms with Crippen LogP contribution in [0.15, 0.2) is 77.9 Å². The molecule has 0 unspecified atom stereocenters. The Morgan fingerprint density at radius 2 is 1.41 bits per heavy atom. The van der Waals surface area contributed by atoms with Gasteiger partial charge in [-0.15, -0.1) is 0 Å². The fourth-order valence-electron chi connectivity index (χ4n) is 3.53. The quantitative estimate of drug-likeness (QED) is 0.300. The van der Waals surface area contributed by atoms with Gasteiger partial charge in [0.05, 0.1) is 6.21 Å². The number of hydrogen-bond donors (Lipinski definition) is 1. The van der Waals surface area contributed by atoms with Gasteiger partial charge in [0.25, 0.3) is 5.91 Å². The Kier molecular flexibility index (Phi) is 4.43. The highest BCUT2D eigenvalue weighted by atomic mass is 16.2. The fraction of sp³-hybridized carbons (Fsp3) is 0.0833. The molecule has 0 aliphatic heterocycles. The lowest BCUT2D eigenvalue weighted by Gasteiger charge is -2.11. The van der Waals surface area contributed by atoms with E-state index in [1.807, 2.05) is 49.4 Å². The first-order valence-corrected chi connectivity index (χ1v) is 8.95. The number of amides is 1. The third-order valence-corrected chi connectivity index (χ3v) is 4.88. The van der Waals surface area contributed by atoms with Crippen molar-refractivity contribution in [3.05, 3.63) is 95.1 Å². The molecule has 0 aliphatic rings. The number of nitrogens with one attached hydrogen (secondary N) is 1. The van der Waals surface area contributed by atoms with Gasteiger partial charge < -0.3 is 0 Å². The predicted octanol–water partition coefficient (Wildman–Crippen LogP) is 5.37. The number of aryl methyl sites for hydroxylation is 2. The molecule has 4 rings (SSSR count). The minimum Gasteiger partial charge on any atom is -0.267 e. The van der Waals surface area contributed by atoms with Crippen LogP contribution in [0.2, 0.25) is 0 Å². The van der Waals surface area contributed by atoms with E-state index in [1.54, 1.807) is 12.3 Å². The number of carbonyl (C=O) groups excluding carboxylic acids is 1. The van der Waals surface area contributed by atoms with E-state index < -0.39 is 0 Å². The Bertz CT molecular complexity index is 1130. The molecule has 3 nitrogen and oxygen atoms in total. The zero-order valence-electron chi connectivity index (χ0n) is 15.4. The highest BCUT2D eigenvalue weighted by molar-refractivity contribution is 6.15. The van der Waals surface area contributed by atoms with Gasteiger partial charge in [-0.2, -0.15) is 5.10 Å². The maximum Gasteiger partial charge on any atom is 0.271 e. The van der Waals surface area contributed by atoms with Crippen LogP contribution in [0, 0.1) is 13.8 Å². The molecule has 0 saturated carbocycles. The molecule has 0 aliphatic carbocycles. The molecule has 4 aromatic rings. The Morgan fingerprint density at radius 3 is 2.00 bits per heavy atom. The molecule has 1 N–H and O–H groups in total. The van der Waals surface area contributed by atoms with E-state index in [2.05, 4.69) is 41.7 Å². The summed E-state index contributed by atoms with van der Waals surface area (Å²) in [6.45, 7) is 4.11. The number of nitrogens with zero attached hydrogens (tertiary/aromatic N) is 1. The molecule has 132 valence electrons. The Labute approximate surface area is 158 Å². The topological polar surface area (TPSA) is 41.5 Å². The lowest BCUT2D eigenvalue weighted by Crippen LogP contribution is -2.17. The average molecular weight is 352 g/mol. The van der Waals surface area contributed by atoms with Crippen molar-refractivity contribution in [1.29, 1.82) is 0 Å². The monoisotopic (exact) mass is 352 g/mol. The van der Waals surface area contributed by atoms with Crippen LogP contribution >= 0.6 is 0 Å². The van der Waals surface area contributed by atoms with Gasteiger partial charge in [-0.1, -0.05) is 66.2 Å². The summed E-state index contributed by atoms with van der Waals surface area (Å²) in [5.41, 5.74) is 6.56. The van der Waals surface area contributed by atoms with E-state index >= 15 is 0 Å². The third-order valence-electron chi connectivity index (χ3n) is 4.88. The van der Waals surface area contributed by atoms with Gasteiger partial charge in [-0.25, -0.2) is 5.43 Å². The van der Waals surface area contributed by atoms with Gasteiger partial charge in [0.1, 0.15) is 0 Å². The van der Waals surface area contributed by atoms with Crippen molar-refractivity contribution in [2.24, 2.45) is 5.10 Å². The van der Waals surface area contributed by atoms with Crippen molar-refractivity contribution >= 4 is 33.7 Å². The summed E-state index contributed by atoms with van der Waals surface area (Å²) >= 11 is 0. The van der Waals surface area contributed by atoms with E-state index in [0.717, 1.165) is 21.9 Å². The van der Waals surface area contributed by atoms with Crippen molar-refractivity contribution in [3.63, 3.8) is 0 Å². The molecule has 27 heavy (non-hydrogen) atoms. The van der Waals surface area contributed by atoms with Crippen molar-refractivity contribution < 1.29 is 4.79 Å². The van der Waals surface area contributed by atoms with E-state index in [0.29, 0.717) is 5.56 Å². The van der Waals surface area contributed by atoms with Gasteiger partial charge in [0, 0.05) is 11.1 Å². The van der Waals surface area contributed by atoms with Gasteiger partial charge in [-0.05, 0) is 53.1 Å². The van der Waals surface area contributed by atoms with E-state index in [-0.39, 0.29) is 5.91 Å². The summed E-state index contributed by atoms with van der Waals surface area (Å²) in [4.78, 5) is 12.3. The molecule has 0 saturated heterocycles. The van der Waals surface area contributed by atoms with Crippen molar-refractivity contribution in [1.82, 2.24) is 5.43 Å². The summed E-state index contributed by atoms with van der Waals surface area (Å²) in [5, 5.41) is 8.90. The summed E-state index contributed by atoms with van der Waals surface area (Å²) in [6.07, 6.45) is 1.75. The summed E-state index contributed by atoms with van der Waals surface area (Å²) in [7, 11) is 0. The van der Waals surface area contributed by atoms with Crippen LogP contribution in [0.1, 0.15) is 27.0 Å². The highest BCUT2D eigenvalue weighted by Gasteiger charge is 2.10. The van der Waals surface area contributed by atoms with Crippen LogP contribution < -0.4 is 5.43 Å². The number of hydrogen-bond acceptors (Lipinski definition) is 2. The van der Waals surface area contributed by atoms with Gasteiger partial charge in [0.15, 0.2) is 0 Å². The van der Waals surface area contributed by atoms with Gasteiger partial charge >= 0.3 is 0 Å². The molecule has 3 heteroatoms. The first-order chi connectivity index (χ1) is 13.1. The molecule has 0 aromatic heterocycles. The third kappa shape index (κ3) is 3.20. The second-order valence-corrected chi connectivity index (χ2v) is 6.70. The zero-order valence-corrected chi connectivity index (χ0v) is 15.4. The second kappa shape index (κ2) is 7.04. The van der Waals surface area contributed by atoms with Crippen LogP contribution in [0.3, 0.4) is 0 Å². The van der Waals surface area contributed by atoms with Crippen LogP contribution in [-0.4, -0.2) is 12.1 Å². The summed E-state index contributed by atoms with van der Waals surface area (Å²) in [6, 6.07) is 24.1. The molecule has 0 spiro atoms. The Balaban J connectivity index is 1.75. The van der Waals surface area contributed by atoms with E-state index in [1.165, 1.54) is 16.3 Å². The summed E-state index contributed by atoms with van der Waals surface area (Å²) in [5.74, 6) is -0.212. The van der Waals surface area contributed by atoms with Crippen molar-refractivity contribution in [2.75, 3.05) is 0 Å². The first kappa shape index (κ1) is 17.0. The first-order valence-electron chi connectivity index (χ1n) is 8.95. The molecule has 0 atom stereocenters. The van der Waals surface area contributed by atoms with Crippen LogP contribution in [0.25, 0.3) is 21.5 Å². The SMILES string of the molecule is Cc1cccc(C(=O)N/N=C/c2c3ccccc3c(C)c3ccccc23)c1. The molecular formula is C24H20N2O. The van der Waals surface area contributed by atoms with E-state index in [4.69, 9.17) is 0 Å². The molecule has 0 fully saturated rings. The average Bonchev–Trinajstić information content (AvgIpc) is 2.70. The smallest absolute Gasteiger partial charge is 0.267 e. The highest BCUT2D eigenvalue weighted by Crippen LogP contribution is 2.31. The number of fused-ring (bicyclic) bond motifs is 2. The largest absolute Gasteiger partial charge is 0.271 e. The van der Waals surface area contributed by atoms with E-state index in [9.17, 15) is 4.79 Å². The molecular weight excluding hydrogens is 332 g/mol. The van der Waals surface area contributed by atoms with Crippen LogP contribution in [0.5, 0.6) is 0 Å². The molecule has 0 heterocycles. The van der Waals surface area contributed by atoms with Gasteiger partial charge in [-0.3, -0.25) is 4.79 Å². The fourth-order valence-corrected chi connectivity index (χ4v) is 3.53. The normalized spacial score (nSPS) is 11.3. The lowest BCUT2D eigenvalue weighted by molar-refractivity contribution is 0.0955. The molecule has 1 amide bonds. The maximum absolute atomic E-state index is 12.3. The van der Waals surface area contributed by atoms with Crippen molar-refractivity contribution in [3.8, 4) is 0 Å². The predicted molar refractivity (Wildman–Crippen MR) is 112 cm³/mol. The Hall–Kier alpha value is -3.46. The van der Waals surface area contributed by atoms with Crippen LogP contribution in [0.4, 0.5) is 0 Å². The molecule has 4 aromatic carbocycles. The maximum atomic E-state index is 12.3. The molecule has 0 radical (unpaired) electrons. The second-order valence-electron chi connectivity index (χ2n) is 6.70. The van der Waals surface area contributed by atoms with Crippen LogP contribution in [-0.2, 0) is 0 Å². The summed E-state index contributed by atoms with van der Waals surface area (Å²) < 4.78 is 0. The van der Waals surface area contributed by atoms with Gasteiger partial charge in [0.2, 0.25) is 0 Å². The standard InChI is InChI=1S/C24H20N2O/c1-16-8-7-9-18(14-16)24(27)26-25-15-23-21-12-5-3-10-19(21)17(2)20-11-4-6-13-22(20)23/h3-15H,1-2H3,(H,26,27)/b25-15+. The minimum atomic E-state index is -0.212. The Morgan fingerprint density at radius 1 is 0.815 bits per heavy atom. The molecule has 0 bridgehead atoms.